The summed E-state index contributed by atoms with van der Waals surface area (Å²) in [6.07, 6.45) is 3.25. The van der Waals surface area contributed by atoms with Crippen LogP contribution in [0.2, 0.25) is 0 Å². The Morgan fingerprint density at radius 1 is 0.912 bits per heavy atom. The van der Waals surface area contributed by atoms with Gasteiger partial charge >= 0.3 is 0 Å². The predicted molar refractivity (Wildman–Crippen MR) is 123 cm³/mol. The van der Waals surface area contributed by atoms with Crippen molar-refractivity contribution in [1.82, 2.24) is 14.4 Å². The molecule has 5 rings (SSSR count). The summed E-state index contributed by atoms with van der Waals surface area (Å²) in [6, 6.07) is 16.5. The first kappa shape index (κ1) is 21.4. The number of fused-ring (bicyclic) bond motifs is 1. The molecule has 168 valence electrons. The zero-order valence-electron chi connectivity index (χ0n) is 17.9. The minimum atomic E-state index is -0.978. The summed E-state index contributed by atoms with van der Waals surface area (Å²) in [5, 5.41) is 2.72. The van der Waals surface area contributed by atoms with Crippen LogP contribution in [0.25, 0.3) is 28.2 Å². The van der Waals surface area contributed by atoms with E-state index in [0.717, 1.165) is 6.07 Å². The maximum absolute atomic E-state index is 14.4. The highest BCUT2D eigenvalue weighted by Crippen LogP contribution is 2.29. The molecule has 0 fully saturated rings. The number of rotatable bonds is 4. The number of imidazole rings is 1. The Morgan fingerprint density at radius 3 is 2.47 bits per heavy atom. The van der Waals surface area contributed by atoms with E-state index in [1.54, 1.807) is 41.9 Å². The SMILES string of the molecule is Cc1ccc(-c2cccn3c(-c4cccc(F)c4F)ncc23)nc1C(=O)Nc1ccc(F)cc1. The first-order chi connectivity index (χ1) is 16.4. The Bertz CT molecular complexity index is 1540. The van der Waals surface area contributed by atoms with Crippen LogP contribution in [-0.4, -0.2) is 20.3 Å². The molecule has 2 aromatic carbocycles. The smallest absolute Gasteiger partial charge is 0.274 e. The number of halogens is 3. The molecule has 0 saturated carbocycles. The highest BCUT2D eigenvalue weighted by atomic mass is 19.2. The summed E-state index contributed by atoms with van der Waals surface area (Å²) in [5.41, 5.74) is 3.13. The van der Waals surface area contributed by atoms with Gasteiger partial charge in [-0.15, -0.1) is 0 Å². The van der Waals surface area contributed by atoms with E-state index in [1.807, 2.05) is 6.07 Å². The van der Waals surface area contributed by atoms with Crippen LogP contribution in [0.4, 0.5) is 18.9 Å². The van der Waals surface area contributed by atoms with Crippen molar-refractivity contribution in [3.05, 3.63) is 108 Å². The summed E-state index contributed by atoms with van der Waals surface area (Å²) in [7, 11) is 0. The molecular formula is C26H17F3N4O. The van der Waals surface area contributed by atoms with E-state index in [9.17, 15) is 18.0 Å². The second-order valence-electron chi connectivity index (χ2n) is 7.68. The Balaban J connectivity index is 1.55. The maximum Gasteiger partial charge on any atom is 0.274 e. The average Bonchev–Trinajstić information content (AvgIpc) is 3.27. The van der Waals surface area contributed by atoms with Crippen molar-refractivity contribution >= 4 is 17.1 Å². The lowest BCUT2D eigenvalue weighted by Crippen LogP contribution is -2.15. The van der Waals surface area contributed by atoms with E-state index < -0.39 is 23.4 Å². The molecule has 0 radical (unpaired) electrons. The van der Waals surface area contributed by atoms with Gasteiger partial charge in [0, 0.05) is 17.4 Å². The molecule has 3 heterocycles. The summed E-state index contributed by atoms with van der Waals surface area (Å²) in [4.78, 5) is 21.7. The van der Waals surface area contributed by atoms with Crippen molar-refractivity contribution in [2.75, 3.05) is 5.32 Å². The molecule has 0 aliphatic rings. The Kier molecular flexibility index (Phi) is 5.33. The Hall–Kier alpha value is -4.46. The summed E-state index contributed by atoms with van der Waals surface area (Å²) >= 11 is 0. The van der Waals surface area contributed by atoms with Crippen LogP contribution in [0.3, 0.4) is 0 Å². The fourth-order valence-electron chi connectivity index (χ4n) is 3.75. The van der Waals surface area contributed by atoms with Gasteiger partial charge in [0.25, 0.3) is 5.91 Å². The molecule has 1 amide bonds. The molecule has 0 spiro atoms. The lowest BCUT2D eigenvalue weighted by Gasteiger charge is -2.11. The molecule has 5 nitrogen and oxygen atoms in total. The van der Waals surface area contributed by atoms with Gasteiger partial charge in [-0.05, 0) is 67.1 Å². The number of aromatic nitrogens is 3. The van der Waals surface area contributed by atoms with E-state index >= 15 is 0 Å². The number of nitrogens with one attached hydrogen (secondary N) is 1. The van der Waals surface area contributed by atoms with Crippen LogP contribution in [-0.2, 0) is 0 Å². The third-order valence-corrected chi connectivity index (χ3v) is 5.45. The molecule has 0 aliphatic carbocycles. The van der Waals surface area contributed by atoms with E-state index in [-0.39, 0.29) is 17.1 Å². The average molecular weight is 458 g/mol. The van der Waals surface area contributed by atoms with Crippen LogP contribution in [0.15, 0.2) is 79.1 Å². The van der Waals surface area contributed by atoms with Crippen LogP contribution >= 0.6 is 0 Å². The molecule has 34 heavy (non-hydrogen) atoms. The topological polar surface area (TPSA) is 59.3 Å². The first-order valence-corrected chi connectivity index (χ1v) is 10.4. The van der Waals surface area contributed by atoms with Crippen LogP contribution in [0.5, 0.6) is 0 Å². The number of hydrogen-bond donors (Lipinski definition) is 1. The first-order valence-electron chi connectivity index (χ1n) is 10.4. The molecule has 3 aromatic heterocycles. The molecule has 5 aromatic rings. The van der Waals surface area contributed by atoms with Crippen molar-refractivity contribution in [2.45, 2.75) is 6.92 Å². The second kappa shape index (κ2) is 8.47. The second-order valence-corrected chi connectivity index (χ2v) is 7.68. The quantitative estimate of drug-likeness (QED) is 0.357. The molecular weight excluding hydrogens is 441 g/mol. The lowest BCUT2D eigenvalue weighted by atomic mass is 10.1. The van der Waals surface area contributed by atoms with Crippen molar-refractivity contribution in [1.29, 1.82) is 0 Å². The maximum atomic E-state index is 14.4. The highest BCUT2D eigenvalue weighted by molar-refractivity contribution is 6.04. The predicted octanol–water partition coefficient (Wildman–Crippen LogP) is 6.04. The minimum Gasteiger partial charge on any atom is -0.321 e. The van der Waals surface area contributed by atoms with Gasteiger partial charge in [0.2, 0.25) is 0 Å². The monoisotopic (exact) mass is 458 g/mol. The zero-order valence-corrected chi connectivity index (χ0v) is 17.9. The van der Waals surface area contributed by atoms with Gasteiger partial charge in [-0.25, -0.2) is 23.1 Å². The van der Waals surface area contributed by atoms with Crippen molar-refractivity contribution in [3.63, 3.8) is 0 Å². The number of aryl methyl sites for hydroxylation is 1. The lowest BCUT2D eigenvalue weighted by molar-refractivity contribution is 0.102. The molecule has 0 unspecified atom stereocenters. The molecule has 0 aliphatic heterocycles. The molecule has 1 N–H and O–H groups in total. The summed E-state index contributed by atoms with van der Waals surface area (Å²) in [5.74, 6) is -2.53. The van der Waals surface area contributed by atoms with Crippen molar-refractivity contribution in [2.24, 2.45) is 0 Å². The highest BCUT2D eigenvalue weighted by Gasteiger charge is 2.18. The van der Waals surface area contributed by atoms with Crippen molar-refractivity contribution < 1.29 is 18.0 Å². The number of anilines is 1. The number of pyridine rings is 2. The number of carbonyl (C=O) groups is 1. The van der Waals surface area contributed by atoms with Gasteiger partial charge in [0.1, 0.15) is 17.3 Å². The normalized spacial score (nSPS) is 11.1. The van der Waals surface area contributed by atoms with Gasteiger partial charge in [-0.1, -0.05) is 12.1 Å². The molecule has 8 heteroatoms. The number of hydrogen-bond acceptors (Lipinski definition) is 3. The van der Waals surface area contributed by atoms with E-state index in [2.05, 4.69) is 15.3 Å². The zero-order chi connectivity index (χ0) is 23.8. The summed E-state index contributed by atoms with van der Waals surface area (Å²) in [6.45, 7) is 1.76. The number of nitrogens with zero attached hydrogens (tertiary/aromatic N) is 3. The fourth-order valence-corrected chi connectivity index (χ4v) is 3.75. The Morgan fingerprint density at radius 2 is 1.68 bits per heavy atom. The van der Waals surface area contributed by atoms with Crippen LogP contribution in [0.1, 0.15) is 16.1 Å². The van der Waals surface area contributed by atoms with E-state index in [1.165, 1.54) is 36.4 Å². The number of amides is 1. The van der Waals surface area contributed by atoms with E-state index in [4.69, 9.17) is 0 Å². The van der Waals surface area contributed by atoms with Gasteiger partial charge in [-0.2, -0.15) is 0 Å². The fraction of sp³-hybridized carbons (Fsp3) is 0.0385. The van der Waals surface area contributed by atoms with Crippen LogP contribution < -0.4 is 5.32 Å². The van der Waals surface area contributed by atoms with Gasteiger partial charge < -0.3 is 5.32 Å². The minimum absolute atomic E-state index is 0.0355. The van der Waals surface area contributed by atoms with Crippen LogP contribution in [0, 0.1) is 24.4 Å². The van der Waals surface area contributed by atoms with Gasteiger partial charge in [0.15, 0.2) is 11.6 Å². The molecule has 0 atom stereocenters. The Labute approximate surface area is 192 Å². The largest absolute Gasteiger partial charge is 0.321 e. The number of benzene rings is 2. The third kappa shape index (κ3) is 3.79. The van der Waals surface area contributed by atoms with E-state index in [0.29, 0.717) is 28.0 Å². The standard InChI is InChI=1S/C26H17F3N4O/c1-15-7-12-21(32-24(15)26(34)31-17-10-8-16(27)9-11-17)18-5-3-13-33-22(18)14-30-25(33)19-4-2-6-20(28)23(19)29/h2-14H,1H3,(H,31,34). The van der Waals surface area contributed by atoms with Crippen molar-refractivity contribution in [3.8, 4) is 22.6 Å². The molecule has 0 saturated heterocycles. The summed E-state index contributed by atoms with van der Waals surface area (Å²) < 4.78 is 43.0. The third-order valence-electron chi connectivity index (χ3n) is 5.45. The number of carbonyl (C=O) groups excluding carboxylic acids is 1. The molecule has 0 bridgehead atoms. The van der Waals surface area contributed by atoms with Gasteiger partial charge in [-0.3, -0.25) is 9.20 Å². The van der Waals surface area contributed by atoms with Gasteiger partial charge in [0.05, 0.1) is 23.0 Å².